The molecular weight excluding hydrogens is 126 g/mol. The molecule has 2 heteroatoms. The molecule has 0 saturated heterocycles. The first-order valence-corrected chi connectivity index (χ1v) is 3.94. The van der Waals surface area contributed by atoms with E-state index < -0.39 is 0 Å². The molecule has 1 heterocycles. The van der Waals surface area contributed by atoms with Crippen LogP contribution in [-0.2, 0) is 4.74 Å². The molecule has 0 amide bonds. The standard InChI is InChI=1S/C8H15NO/c1-10-7-8-5-3-2-4-6-9-8/h6,8H,2-5,7H2,1H3. The second kappa shape index (κ2) is 4.45. The molecule has 0 saturated carbocycles. The summed E-state index contributed by atoms with van der Waals surface area (Å²) < 4.78 is 5.02. The van der Waals surface area contributed by atoms with Gasteiger partial charge in [-0.1, -0.05) is 6.42 Å². The lowest BCUT2D eigenvalue weighted by Gasteiger charge is -2.07. The first kappa shape index (κ1) is 7.73. The van der Waals surface area contributed by atoms with Gasteiger partial charge in [0.2, 0.25) is 0 Å². The predicted octanol–water partition coefficient (Wildman–Crippen LogP) is 1.65. The molecule has 1 atom stereocenters. The SMILES string of the molecule is COCC1CCCCC=N1. The smallest absolute Gasteiger partial charge is 0.0729 e. The average Bonchev–Trinajstić information content (AvgIpc) is 2.17. The summed E-state index contributed by atoms with van der Waals surface area (Å²) in [5, 5.41) is 0. The van der Waals surface area contributed by atoms with Gasteiger partial charge in [0.15, 0.2) is 0 Å². The van der Waals surface area contributed by atoms with Crippen LogP contribution in [0.2, 0.25) is 0 Å². The summed E-state index contributed by atoms with van der Waals surface area (Å²) in [6, 6.07) is 0.437. The minimum atomic E-state index is 0.437. The Balaban J connectivity index is 2.27. The summed E-state index contributed by atoms with van der Waals surface area (Å²) in [7, 11) is 1.74. The molecule has 0 bridgehead atoms. The van der Waals surface area contributed by atoms with Gasteiger partial charge < -0.3 is 4.74 Å². The molecule has 2 nitrogen and oxygen atoms in total. The number of ether oxygens (including phenoxy) is 1. The normalized spacial score (nSPS) is 26.3. The van der Waals surface area contributed by atoms with Gasteiger partial charge in [-0.2, -0.15) is 0 Å². The van der Waals surface area contributed by atoms with E-state index in [1.165, 1.54) is 19.3 Å². The fourth-order valence-corrected chi connectivity index (χ4v) is 1.23. The summed E-state index contributed by atoms with van der Waals surface area (Å²) in [4.78, 5) is 4.36. The lowest BCUT2D eigenvalue weighted by atomic mass is 10.1. The van der Waals surface area contributed by atoms with E-state index in [0.717, 1.165) is 13.0 Å². The molecule has 0 aromatic heterocycles. The van der Waals surface area contributed by atoms with Crippen LogP contribution in [0.15, 0.2) is 4.99 Å². The van der Waals surface area contributed by atoms with Crippen LogP contribution in [0, 0.1) is 0 Å². The van der Waals surface area contributed by atoms with Crippen LogP contribution >= 0.6 is 0 Å². The third-order valence-corrected chi connectivity index (χ3v) is 1.80. The first-order chi connectivity index (χ1) is 4.93. The highest BCUT2D eigenvalue weighted by Gasteiger charge is 2.06. The van der Waals surface area contributed by atoms with Crippen LogP contribution in [0.25, 0.3) is 0 Å². The van der Waals surface area contributed by atoms with Crippen molar-refractivity contribution in [3.8, 4) is 0 Å². The largest absolute Gasteiger partial charge is 0.382 e. The number of hydrogen-bond acceptors (Lipinski definition) is 2. The van der Waals surface area contributed by atoms with Crippen LogP contribution in [0.3, 0.4) is 0 Å². The Kier molecular flexibility index (Phi) is 3.44. The van der Waals surface area contributed by atoms with E-state index >= 15 is 0 Å². The molecule has 1 aliphatic rings. The van der Waals surface area contributed by atoms with Gasteiger partial charge >= 0.3 is 0 Å². The van der Waals surface area contributed by atoms with Crippen molar-refractivity contribution in [3.63, 3.8) is 0 Å². The summed E-state index contributed by atoms with van der Waals surface area (Å²) >= 11 is 0. The van der Waals surface area contributed by atoms with Crippen LogP contribution in [0.5, 0.6) is 0 Å². The Hall–Kier alpha value is -0.370. The van der Waals surface area contributed by atoms with E-state index in [9.17, 15) is 0 Å². The van der Waals surface area contributed by atoms with Crippen molar-refractivity contribution in [2.45, 2.75) is 31.7 Å². The zero-order valence-electron chi connectivity index (χ0n) is 6.55. The Labute approximate surface area is 62.3 Å². The van der Waals surface area contributed by atoms with Crippen molar-refractivity contribution in [2.24, 2.45) is 4.99 Å². The van der Waals surface area contributed by atoms with Gasteiger partial charge in [0, 0.05) is 7.11 Å². The van der Waals surface area contributed by atoms with Gasteiger partial charge in [-0.3, -0.25) is 4.99 Å². The maximum Gasteiger partial charge on any atom is 0.0729 e. The number of aliphatic imine (C=N–C) groups is 1. The molecule has 0 aliphatic carbocycles. The maximum atomic E-state index is 5.02. The monoisotopic (exact) mass is 141 g/mol. The number of methoxy groups -OCH3 is 1. The Morgan fingerprint density at radius 1 is 1.60 bits per heavy atom. The Morgan fingerprint density at radius 2 is 2.50 bits per heavy atom. The van der Waals surface area contributed by atoms with Gasteiger partial charge in [0.05, 0.1) is 12.6 Å². The van der Waals surface area contributed by atoms with Gasteiger partial charge in [0.25, 0.3) is 0 Å². The van der Waals surface area contributed by atoms with Gasteiger partial charge in [0.1, 0.15) is 0 Å². The Morgan fingerprint density at radius 3 is 3.30 bits per heavy atom. The molecule has 58 valence electrons. The zero-order chi connectivity index (χ0) is 7.23. The minimum absolute atomic E-state index is 0.437. The molecule has 0 aromatic carbocycles. The third-order valence-electron chi connectivity index (χ3n) is 1.80. The second-order valence-electron chi connectivity index (χ2n) is 2.73. The van der Waals surface area contributed by atoms with E-state index in [1.807, 2.05) is 6.21 Å². The predicted molar refractivity (Wildman–Crippen MR) is 42.6 cm³/mol. The van der Waals surface area contributed by atoms with E-state index in [-0.39, 0.29) is 0 Å². The van der Waals surface area contributed by atoms with Crippen molar-refractivity contribution in [1.82, 2.24) is 0 Å². The number of nitrogens with zero attached hydrogens (tertiary/aromatic N) is 1. The molecule has 1 unspecified atom stereocenters. The van der Waals surface area contributed by atoms with E-state index in [0.29, 0.717) is 6.04 Å². The second-order valence-corrected chi connectivity index (χ2v) is 2.73. The van der Waals surface area contributed by atoms with Crippen molar-refractivity contribution < 1.29 is 4.74 Å². The third kappa shape index (κ3) is 2.48. The molecule has 0 spiro atoms. The van der Waals surface area contributed by atoms with Crippen molar-refractivity contribution in [1.29, 1.82) is 0 Å². The minimum Gasteiger partial charge on any atom is -0.382 e. The molecular formula is C8H15NO. The molecule has 0 radical (unpaired) electrons. The van der Waals surface area contributed by atoms with E-state index in [4.69, 9.17) is 4.74 Å². The number of hydrogen-bond donors (Lipinski definition) is 0. The van der Waals surface area contributed by atoms with Crippen LogP contribution in [0.1, 0.15) is 25.7 Å². The van der Waals surface area contributed by atoms with Crippen molar-refractivity contribution in [2.75, 3.05) is 13.7 Å². The molecule has 0 N–H and O–H groups in total. The lowest BCUT2D eigenvalue weighted by Crippen LogP contribution is -2.10. The van der Waals surface area contributed by atoms with Gasteiger partial charge in [-0.15, -0.1) is 0 Å². The Bertz CT molecular complexity index is 112. The van der Waals surface area contributed by atoms with Gasteiger partial charge in [-0.25, -0.2) is 0 Å². The average molecular weight is 141 g/mol. The highest BCUT2D eigenvalue weighted by atomic mass is 16.5. The molecule has 1 rings (SSSR count). The van der Waals surface area contributed by atoms with E-state index in [1.54, 1.807) is 7.11 Å². The fraction of sp³-hybridized carbons (Fsp3) is 0.875. The summed E-state index contributed by atoms with van der Waals surface area (Å²) in [6.45, 7) is 0.788. The van der Waals surface area contributed by atoms with Crippen LogP contribution < -0.4 is 0 Å². The number of rotatable bonds is 2. The maximum absolute atomic E-state index is 5.02. The first-order valence-electron chi connectivity index (χ1n) is 3.94. The quantitative estimate of drug-likeness (QED) is 0.573. The van der Waals surface area contributed by atoms with E-state index in [2.05, 4.69) is 4.99 Å². The summed E-state index contributed by atoms with van der Waals surface area (Å²) in [5.41, 5.74) is 0. The fourth-order valence-electron chi connectivity index (χ4n) is 1.23. The molecule has 1 aliphatic heterocycles. The van der Waals surface area contributed by atoms with Crippen molar-refractivity contribution >= 4 is 6.21 Å². The van der Waals surface area contributed by atoms with Crippen LogP contribution in [-0.4, -0.2) is 26.0 Å². The van der Waals surface area contributed by atoms with Crippen molar-refractivity contribution in [3.05, 3.63) is 0 Å². The lowest BCUT2D eigenvalue weighted by molar-refractivity contribution is 0.177. The zero-order valence-corrected chi connectivity index (χ0v) is 6.55. The summed E-state index contributed by atoms with van der Waals surface area (Å²) in [6.07, 6.45) is 6.99. The highest BCUT2D eigenvalue weighted by Crippen LogP contribution is 2.10. The van der Waals surface area contributed by atoms with Gasteiger partial charge in [-0.05, 0) is 25.5 Å². The molecule has 0 aromatic rings. The topological polar surface area (TPSA) is 21.6 Å². The summed E-state index contributed by atoms with van der Waals surface area (Å²) in [5.74, 6) is 0. The van der Waals surface area contributed by atoms with Crippen LogP contribution in [0.4, 0.5) is 0 Å². The molecule has 10 heavy (non-hydrogen) atoms. The molecule has 0 fully saturated rings. The highest BCUT2D eigenvalue weighted by molar-refractivity contribution is 5.57.